The topological polar surface area (TPSA) is 59.4 Å². The van der Waals surface area contributed by atoms with E-state index in [-0.39, 0.29) is 0 Å². The first-order valence-electron chi connectivity index (χ1n) is 10.1. The van der Waals surface area contributed by atoms with Crippen LogP contribution in [0.2, 0.25) is 5.02 Å². The minimum atomic E-state index is -0.861. The normalized spacial score (nSPS) is 11.9. The van der Waals surface area contributed by atoms with E-state index in [4.69, 9.17) is 16.3 Å². The first kappa shape index (κ1) is 20.9. The van der Waals surface area contributed by atoms with Crippen LogP contribution in [0.15, 0.2) is 79.0 Å². The van der Waals surface area contributed by atoms with Gasteiger partial charge in [0.15, 0.2) is 0 Å². The molecule has 4 rings (SSSR count). The number of benzene rings is 3. The van der Waals surface area contributed by atoms with Crippen molar-refractivity contribution in [1.82, 2.24) is 4.98 Å². The molecule has 0 spiro atoms. The Labute approximate surface area is 186 Å². The minimum absolute atomic E-state index is 0.442. The molecular weight excluding hydrogens is 410 g/mol. The van der Waals surface area contributed by atoms with Gasteiger partial charge >= 0.3 is 5.97 Å². The first-order chi connectivity index (χ1) is 15.0. The molecule has 0 saturated carbocycles. The zero-order valence-corrected chi connectivity index (χ0v) is 17.8. The van der Waals surface area contributed by atoms with E-state index in [1.165, 1.54) is 0 Å². The number of pyridine rings is 1. The second kappa shape index (κ2) is 9.19. The Morgan fingerprint density at radius 1 is 1.00 bits per heavy atom. The van der Waals surface area contributed by atoms with Gasteiger partial charge in [0, 0.05) is 28.6 Å². The van der Waals surface area contributed by atoms with Crippen molar-refractivity contribution < 1.29 is 14.6 Å². The number of rotatable bonds is 7. The van der Waals surface area contributed by atoms with Crippen molar-refractivity contribution in [3.05, 3.63) is 106 Å². The summed E-state index contributed by atoms with van der Waals surface area (Å²) in [7, 11) is 0. The second-order valence-electron chi connectivity index (χ2n) is 7.47. The zero-order valence-electron chi connectivity index (χ0n) is 17.1. The van der Waals surface area contributed by atoms with Crippen molar-refractivity contribution in [2.75, 3.05) is 0 Å². The highest BCUT2D eigenvalue weighted by Gasteiger charge is 2.19. The molecule has 156 valence electrons. The van der Waals surface area contributed by atoms with Gasteiger partial charge in [0.2, 0.25) is 0 Å². The molecule has 31 heavy (non-hydrogen) atoms. The van der Waals surface area contributed by atoms with E-state index in [1.807, 2.05) is 72.8 Å². The van der Waals surface area contributed by atoms with Gasteiger partial charge in [0.1, 0.15) is 12.4 Å². The fourth-order valence-corrected chi connectivity index (χ4v) is 3.73. The van der Waals surface area contributed by atoms with Gasteiger partial charge in [-0.2, -0.15) is 0 Å². The molecule has 0 saturated heterocycles. The van der Waals surface area contributed by atoms with Gasteiger partial charge in [-0.1, -0.05) is 66.2 Å². The van der Waals surface area contributed by atoms with Crippen molar-refractivity contribution in [2.45, 2.75) is 25.9 Å². The molecular formula is C26H22ClNO3. The smallest absolute Gasteiger partial charge is 0.310 e. The zero-order chi connectivity index (χ0) is 21.8. The van der Waals surface area contributed by atoms with E-state index >= 15 is 0 Å². The summed E-state index contributed by atoms with van der Waals surface area (Å²) >= 11 is 5.96. The maximum absolute atomic E-state index is 11.5. The number of aliphatic carboxylic acids is 1. The molecule has 1 unspecified atom stereocenters. The molecule has 4 nitrogen and oxygen atoms in total. The largest absolute Gasteiger partial charge is 0.489 e. The molecule has 3 aromatic carbocycles. The van der Waals surface area contributed by atoms with Crippen molar-refractivity contribution >= 4 is 28.3 Å². The van der Waals surface area contributed by atoms with E-state index in [0.717, 1.165) is 38.9 Å². The summed E-state index contributed by atoms with van der Waals surface area (Å²) in [6, 6.07) is 23.3. The lowest BCUT2D eigenvalue weighted by Gasteiger charge is -2.15. The molecule has 0 fully saturated rings. The molecule has 1 heterocycles. The molecule has 0 bridgehead atoms. The molecule has 1 aromatic heterocycles. The molecule has 0 radical (unpaired) electrons. The van der Waals surface area contributed by atoms with Crippen LogP contribution in [0.1, 0.15) is 35.2 Å². The number of fused-ring (bicyclic) bond motifs is 1. The maximum Gasteiger partial charge on any atom is 0.310 e. The van der Waals surface area contributed by atoms with Crippen LogP contribution in [0.3, 0.4) is 0 Å². The Bertz CT molecular complexity index is 1220. The predicted octanol–water partition coefficient (Wildman–Crippen LogP) is 6.25. The lowest BCUT2D eigenvalue weighted by molar-refractivity contribution is -0.138. The third kappa shape index (κ3) is 4.70. The highest BCUT2D eigenvalue weighted by Crippen LogP contribution is 2.30. The molecule has 0 aliphatic rings. The molecule has 0 aliphatic carbocycles. The molecule has 5 heteroatoms. The molecule has 4 aromatic rings. The Kier molecular flexibility index (Phi) is 6.19. The molecule has 0 amide bonds. The quantitative estimate of drug-likeness (QED) is 0.376. The number of aromatic nitrogens is 1. The standard InChI is InChI=1S/C26H22ClNO3/c1-17(26(29)30)23-15-28-24(22-8-4-3-7-21(22)23)14-19-6-2-5-9-25(19)31-16-18-10-12-20(27)13-11-18/h2-13,15,17H,14,16H2,1H3,(H,29,30). The highest BCUT2D eigenvalue weighted by atomic mass is 35.5. The van der Waals surface area contributed by atoms with Crippen LogP contribution in [0.4, 0.5) is 0 Å². The summed E-state index contributed by atoms with van der Waals surface area (Å²) in [5.41, 5.74) is 3.67. The Hall–Kier alpha value is -3.37. The van der Waals surface area contributed by atoms with Crippen molar-refractivity contribution in [2.24, 2.45) is 0 Å². The highest BCUT2D eigenvalue weighted by molar-refractivity contribution is 6.30. The minimum Gasteiger partial charge on any atom is -0.489 e. The number of ether oxygens (including phenoxy) is 1. The van der Waals surface area contributed by atoms with Gasteiger partial charge in [-0.25, -0.2) is 0 Å². The average Bonchev–Trinajstić information content (AvgIpc) is 2.79. The van der Waals surface area contributed by atoms with Gasteiger partial charge in [-0.3, -0.25) is 9.78 Å². The van der Waals surface area contributed by atoms with Gasteiger partial charge in [0.05, 0.1) is 11.6 Å². The number of carbonyl (C=O) groups is 1. The Morgan fingerprint density at radius 3 is 2.42 bits per heavy atom. The molecule has 1 atom stereocenters. The first-order valence-corrected chi connectivity index (χ1v) is 10.4. The Morgan fingerprint density at radius 2 is 1.68 bits per heavy atom. The summed E-state index contributed by atoms with van der Waals surface area (Å²) in [6.07, 6.45) is 2.27. The second-order valence-corrected chi connectivity index (χ2v) is 7.90. The number of hydrogen-bond acceptors (Lipinski definition) is 3. The summed E-state index contributed by atoms with van der Waals surface area (Å²) in [4.78, 5) is 16.2. The molecule has 1 N–H and O–H groups in total. The summed E-state index contributed by atoms with van der Waals surface area (Å²) in [5.74, 6) is -0.687. The maximum atomic E-state index is 11.5. The monoisotopic (exact) mass is 431 g/mol. The van der Waals surface area contributed by atoms with Crippen LogP contribution < -0.4 is 4.74 Å². The average molecular weight is 432 g/mol. The number of halogens is 1. The van der Waals surface area contributed by atoms with Crippen molar-refractivity contribution in [1.29, 1.82) is 0 Å². The number of hydrogen-bond donors (Lipinski definition) is 1. The van der Waals surface area contributed by atoms with E-state index in [9.17, 15) is 9.90 Å². The summed E-state index contributed by atoms with van der Waals surface area (Å²) in [6.45, 7) is 2.13. The third-order valence-corrected chi connectivity index (χ3v) is 5.64. The van der Waals surface area contributed by atoms with Gasteiger partial charge < -0.3 is 9.84 Å². The van der Waals surface area contributed by atoms with E-state index in [1.54, 1.807) is 13.1 Å². The third-order valence-electron chi connectivity index (χ3n) is 5.38. The van der Waals surface area contributed by atoms with Gasteiger partial charge in [-0.15, -0.1) is 0 Å². The van der Waals surface area contributed by atoms with Crippen LogP contribution in [-0.2, 0) is 17.8 Å². The van der Waals surface area contributed by atoms with Crippen LogP contribution >= 0.6 is 11.6 Å². The fraction of sp³-hybridized carbons (Fsp3) is 0.154. The Balaban J connectivity index is 1.63. The van der Waals surface area contributed by atoms with Crippen LogP contribution in [0.25, 0.3) is 10.8 Å². The van der Waals surface area contributed by atoms with Crippen molar-refractivity contribution in [3.63, 3.8) is 0 Å². The fourth-order valence-electron chi connectivity index (χ4n) is 3.60. The number of carboxylic acid groups (broad SMARTS) is 1. The van der Waals surface area contributed by atoms with Crippen LogP contribution in [-0.4, -0.2) is 16.1 Å². The van der Waals surface area contributed by atoms with E-state index in [2.05, 4.69) is 4.98 Å². The number of carboxylic acids is 1. The predicted molar refractivity (Wildman–Crippen MR) is 123 cm³/mol. The molecule has 0 aliphatic heterocycles. The van der Waals surface area contributed by atoms with E-state index < -0.39 is 11.9 Å². The lowest BCUT2D eigenvalue weighted by Crippen LogP contribution is -2.09. The van der Waals surface area contributed by atoms with E-state index in [0.29, 0.717) is 18.1 Å². The number of para-hydroxylation sites is 1. The SMILES string of the molecule is CC(C(=O)O)c1cnc(Cc2ccccc2OCc2ccc(Cl)cc2)c2ccccc12. The van der Waals surface area contributed by atoms with Crippen LogP contribution in [0.5, 0.6) is 5.75 Å². The summed E-state index contributed by atoms with van der Waals surface area (Å²) < 4.78 is 6.09. The van der Waals surface area contributed by atoms with Gasteiger partial charge in [-0.05, 0) is 41.6 Å². The van der Waals surface area contributed by atoms with Gasteiger partial charge in [0.25, 0.3) is 0 Å². The van der Waals surface area contributed by atoms with Crippen LogP contribution in [0, 0.1) is 0 Å². The summed E-state index contributed by atoms with van der Waals surface area (Å²) in [5, 5.41) is 12.0. The lowest BCUT2D eigenvalue weighted by atomic mass is 9.94. The van der Waals surface area contributed by atoms with Crippen molar-refractivity contribution in [3.8, 4) is 5.75 Å². The number of nitrogens with zero attached hydrogens (tertiary/aromatic N) is 1.